The fourth-order valence-corrected chi connectivity index (χ4v) is 4.85. The van der Waals surface area contributed by atoms with Gasteiger partial charge in [-0.3, -0.25) is 14.5 Å². The highest BCUT2D eigenvalue weighted by molar-refractivity contribution is 5.79. The number of carboxylic acid groups (broad SMARTS) is 1. The van der Waals surface area contributed by atoms with E-state index < -0.39 is 54.1 Å². The third kappa shape index (κ3) is 6.01. The Hall–Kier alpha value is -3.26. The third-order valence-electron chi connectivity index (χ3n) is 6.80. The Morgan fingerprint density at radius 3 is 2.32 bits per heavy atom. The molecular weight excluding hydrogens is 472 g/mol. The molecule has 0 spiro atoms. The molecule has 8 nitrogen and oxygen atoms in total. The van der Waals surface area contributed by atoms with Gasteiger partial charge in [0.1, 0.15) is 5.75 Å². The summed E-state index contributed by atoms with van der Waals surface area (Å²) in [6.07, 6.45) is 3.25. The van der Waals surface area contributed by atoms with Crippen molar-refractivity contribution < 1.29 is 38.5 Å². The Bertz CT molecular complexity index is 1410. The molecule has 0 aliphatic carbocycles. The van der Waals surface area contributed by atoms with Gasteiger partial charge in [0.15, 0.2) is 11.5 Å². The smallest absolute Gasteiger partial charge is 0.309 e. The van der Waals surface area contributed by atoms with Crippen molar-refractivity contribution in [1.29, 1.82) is 0 Å². The Labute approximate surface area is 228 Å². The van der Waals surface area contributed by atoms with E-state index in [0.29, 0.717) is 13.1 Å². The topological polar surface area (TPSA) is 88.5 Å². The standard InChI is InChI=1S/C29H38N2O6/c1-4-6-14-30(15-7-5-2)26(32)18-31-17-23(21-10-13-24-25(16-21)37-19-36-24)27(29(33)34)28(31)20-8-11-22(35-3)12-9-20/h8-13,16,23,27-28H,4-7,14-15,17-19H2,1-3H3,(H,33,34)/t23-,27?,28+/m1/s1/i8D,9D,10D,11D,12D,13D,16D. The number of hydrogen-bond donors (Lipinski definition) is 1. The van der Waals surface area contributed by atoms with E-state index in [1.165, 1.54) is 12.0 Å². The molecule has 2 aromatic carbocycles. The second-order valence-corrected chi connectivity index (χ2v) is 9.23. The number of carbonyl (C=O) groups is 2. The number of likely N-dealkylation sites (tertiary alicyclic amines) is 1. The predicted molar refractivity (Wildman–Crippen MR) is 140 cm³/mol. The van der Waals surface area contributed by atoms with E-state index in [1.807, 2.05) is 13.8 Å². The molecule has 1 amide bonds. The summed E-state index contributed by atoms with van der Waals surface area (Å²) < 4.78 is 76.3. The summed E-state index contributed by atoms with van der Waals surface area (Å²) in [5.41, 5.74) is -0.300. The van der Waals surface area contributed by atoms with Crippen LogP contribution in [0.1, 0.15) is 72.2 Å². The maximum atomic E-state index is 13.8. The van der Waals surface area contributed by atoms with Crippen LogP contribution in [0.2, 0.25) is 0 Å². The van der Waals surface area contributed by atoms with Gasteiger partial charge in [0.25, 0.3) is 0 Å². The maximum absolute atomic E-state index is 13.8. The number of nitrogens with zero attached hydrogens (tertiary/aromatic N) is 2. The first-order valence-electron chi connectivity index (χ1n) is 16.2. The second kappa shape index (κ2) is 12.3. The van der Waals surface area contributed by atoms with Crippen molar-refractivity contribution in [2.75, 3.05) is 40.1 Å². The number of methoxy groups -OCH3 is 1. The lowest BCUT2D eigenvalue weighted by molar-refractivity contribution is -0.144. The van der Waals surface area contributed by atoms with E-state index in [4.69, 9.17) is 23.8 Å². The van der Waals surface area contributed by atoms with Crippen LogP contribution < -0.4 is 14.2 Å². The van der Waals surface area contributed by atoms with Crippen molar-refractivity contribution in [1.82, 2.24) is 9.80 Å². The first kappa shape index (κ1) is 18.9. The molecule has 8 heteroatoms. The molecule has 3 atom stereocenters. The number of amides is 1. The third-order valence-corrected chi connectivity index (χ3v) is 6.80. The van der Waals surface area contributed by atoms with Crippen LogP contribution in [0, 0.1) is 5.92 Å². The molecule has 4 rings (SSSR count). The van der Waals surface area contributed by atoms with Crippen LogP contribution in [0.3, 0.4) is 0 Å². The number of aliphatic carboxylic acids is 1. The SMILES string of the molecule is [2H]c1c([2H])c([C@H]2C(C(=O)O)[C@@H](c3c([2H])c([2H])c4c(c3[2H])OCO4)CN2CC(=O)N(CCCC)CCCC)c([2H])c([2H])c1OC. The van der Waals surface area contributed by atoms with Crippen LogP contribution >= 0.6 is 0 Å². The van der Waals surface area contributed by atoms with Crippen molar-refractivity contribution in [3.8, 4) is 17.2 Å². The Kier molecular flexibility index (Phi) is 6.29. The number of hydrogen-bond acceptors (Lipinski definition) is 6. The average Bonchev–Trinajstić information content (AvgIpc) is 3.62. The summed E-state index contributed by atoms with van der Waals surface area (Å²) >= 11 is 0. The molecule has 1 N–H and O–H groups in total. The molecule has 2 aliphatic rings. The van der Waals surface area contributed by atoms with Gasteiger partial charge in [-0.05, 0) is 48.1 Å². The van der Waals surface area contributed by atoms with E-state index in [2.05, 4.69) is 0 Å². The van der Waals surface area contributed by atoms with E-state index in [9.17, 15) is 14.7 Å². The minimum atomic E-state index is -1.50. The van der Waals surface area contributed by atoms with Crippen molar-refractivity contribution in [2.24, 2.45) is 5.92 Å². The predicted octanol–water partition coefficient (Wildman–Crippen LogP) is 4.69. The van der Waals surface area contributed by atoms with Crippen LogP contribution in [-0.4, -0.2) is 66.9 Å². The summed E-state index contributed by atoms with van der Waals surface area (Å²) in [6.45, 7) is 4.31. The van der Waals surface area contributed by atoms with Gasteiger partial charge in [0.05, 0.1) is 29.2 Å². The molecule has 2 aromatic rings. The molecule has 0 saturated carbocycles. The van der Waals surface area contributed by atoms with Gasteiger partial charge in [-0.1, -0.05) is 44.8 Å². The maximum Gasteiger partial charge on any atom is 0.309 e. The van der Waals surface area contributed by atoms with Crippen LogP contribution in [-0.2, 0) is 9.59 Å². The summed E-state index contributed by atoms with van der Waals surface area (Å²) in [6, 6.07) is -4.41. The summed E-state index contributed by atoms with van der Waals surface area (Å²) in [5, 5.41) is 10.6. The lowest BCUT2D eigenvalue weighted by atomic mass is 9.82. The largest absolute Gasteiger partial charge is 0.497 e. The quantitative estimate of drug-likeness (QED) is 0.437. The molecule has 0 radical (unpaired) electrons. The lowest BCUT2D eigenvalue weighted by Crippen LogP contribution is -2.42. The fraction of sp³-hybridized carbons (Fsp3) is 0.517. The highest BCUT2D eigenvalue weighted by atomic mass is 16.7. The summed E-state index contributed by atoms with van der Waals surface area (Å²) in [7, 11) is 1.21. The van der Waals surface area contributed by atoms with Crippen LogP contribution in [0.4, 0.5) is 0 Å². The second-order valence-electron chi connectivity index (χ2n) is 9.23. The van der Waals surface area contributed by atoms with Gasteiger partial charge in [-0.2, -0.15) is 0 Å². The van der Waals surface area contributed by atoms with E-state index in [0.717, 1.165) is 25.7 Å². The molecule has 2 aliphatic heterocycles. The molecule has 0 aromatic heterocycles. The van der Waals surface area contributed by atoms with Crippen molar-refractivity contribution >= 4 is 11.9 Å². The average molecular weight is 518 g/mol. The number of carboxylic acids is 1. The molecule has 1 unspecified atom stereocenters. The van der Waals surface area contributed by atoms with Crippen molar-refractivity contribution in [3.05, 3.63) is 53.4 Å². The molecule has 37 heavy (non-hydrogen) atoms. The van der Waals surface area contributed by atoms with Crippen LogP contribution in [0.15, 0.2) is 42.3 Å². The van der Waals surface area contributed by atoms with E-state index in [-0.39, 0.29) is 66.2 Å². The molecular formula is C29H38N2O6. The zero-order valence-electron chi connectivity index (χ0n) is 28.5. The van der Waals surface area contributed by atoms with Crippen molar-refractivity contribution in [2.45, 2.75) is 51.5 Å². The highest BCUT2D eigenvalue weighted by Gasteiger charge is 2.48. The first-order valence-corrected chi connectivity index (χ1v) is 12.7. The highest BCUT2D eigenvalue weighted by Crippen LogP contribution is 2.47. The number of fused-ring (bicyclic) bond motifs is 1. The van der Waals surface area contributed by atoms with Gasteiger partial charge in [0, 0.05) is 31.6 Å². The first-order chi connectivity index (χ1) is 20.9. The molecule has 1 saturated heterocycles. The Morgan fingerprint density at radius 1 is 1.05 bits per heavy atom. The minimum Gasteiger partial charge on any atom is -0.497 e. The van der Waals surface area contributed by atoms with Crippen molar-refractivity contribution in [3.63, 3.8) is 0 Å². The van der Waals surface area contributed by atoms with Crippen LogP contribution in [0.25, 0.3) is 0 Å². The van der Waals surface area contributed by atoms with E-state index >= 15 is 0 Å². The summed E-state index contributed by atoms with van der Waals surface area (Å²) in [4.78, 5) is 30.1. The molecule has 2 heterocycles. The molecule has 1 fully saturated rings. The lowest BCUT2D eigenvalue weighted by Gasteiger charge is -2.30. The van der Waals surface area contributed by atoms with Gasteiger partial charge < -0.3 is 24.2 Å². The Morgan fingerprint density at radius 2 is 1.70 bits per heavy atom. The zero-order valence-corrected chi connectivity index (χ0v) is 21.5. The van der Waals surface area contributed by atoms with Gasteiger partial charge in [0.2, 0.25) is 12.7 Å². The van der Waals surface area contributed by atoms with Gasteiger partial charge in [-0.15, -0.1) is 0 Å². The van der Waals surface area contributed by atoms with E-state index in [1.54, 1.807) is 4.90 Å². The number of benzene rings is 2. The number of rotatable bonds is 12. The Balaban J connectivity index is 1.91. The summed E-state index contributed by atoms with van der Waals surface area (Å²) in [5.74, 6) is -4.74. The number of ether oxygens (including phenoxy) is 3. The monoisotopic (exact) mass is 517 g/mol. The zero-order chi connectivity index (χ0) is 32.5. The van der Waals surface area contributed by atoms with Crippen LogP contribution in [0.5, 0.6) is 17.2 Å². The normalized spacial score (nSPS) is 23.3. The molecule has 200 valence electrons. The van der Waals surface area contributed by atoms with Gasteiger partial charge >= 0.3 is 5.97 Å². The number of unbranched alkanes of at least 4 members (excludes halogenated alkanes) is 2. The fourth-order valence-electron chi connectivity index (χ4n) is 4.85. The van der Waals surface area contributed by atoms with Gasteiger partial charge in [-0.25, -0.2) is 0 Å². The number of carbonyl (C=O) groups excluding carboxylic acids is 1. The molecule has 0 bridgehead atoms. The minimum absolute atomic E-state index is 0.0739.